The fourth-order valence-electron chi connectivity index (χ4n) is 3.31. The van der Waals surface area contributed by atoms with E-state index >= 15 is 0 Å². The van der Waals surface area contributed by atoms with Crippen LogP contribution in [0.25, 0.3) is 0 Å². The maximum atomic E-state index is 5.73. The van der Waals surface area contributed by atoms with Gasteiger partial charge < -0.3 is 24.4 Å². The zero-order valence-corrected chi connectivity index (χ0v) is 17.2. The highest BCUT2D eigenvalue weighted by molar-refractivity contribution is 7.80. The fourth-order valence-corrected chi connectivity index (χ4v) is 3.57. The maximum Gasteiger partial charge on any atom is 0.173 e. The Bertz CT molecular complexity index is 711. The normalized spacial score (nSPS) is 15.6. The summed E-state index contributed by atoms with van der Waals surface area (Å²) in [5.74, 6) is 0.934. The lowest BCUT2D eigenvalue weighted by Gasteiger charge is -2.33. The molecule has 1 fully saturated rings. The van der Waals surface area contributed by atoms with Crippen molar-refractivity contribution in [3.8, 4) is 0 Å². The second-order valence-corrected chi connectivity index (χ2v) is 7.63. The van der Waals surface area contributed by atoms with Gasteiger partial charge in [-0.15, -0.1) is 0 Å². The standard InChI is InChI=1S/C21H30N4OS/c1-18-7-3-4-9-20(18)22-21(27)25(17-19-8-5-16-26-19)11-6-10-24-14-12-23(2)13-15-24/h3-5,7-9,16H,6,10-15,17H2,1-2H3,(H,22,27). The lowest BCUT2D eigenvalue weighted by molar-refractivity contribution is 0.149. The number of furan rings is 1. The van der Waals surface area contributed by atoms with Gasteiger partial charge in [0.05, 0.1) is 12.8 Å². The lowest BCUT2D eigenvalue weighted by atomic mass is 10.2. The highest BCUT2D eigenvalue weighted by atomic mass is 32.1. The smallest absolute Gasteiger partial charge is 0.173 e. The molecule has 0 unspecified atom stereocenters. The van der Waals surface area contributed by atoms with Crippen LogP contribution < -0.4 is 5.32 Å². The Balaban J connectivity index is 1.56. The minimum absolute atomic E-state index is 0.688. The first-order valence-electron chi connectivity index (χ1n) is 9.66. The van der Waals surface area contributed by atoms with Crippen LogP contribution in [0.3, 0.4) is 0 Å². The first-order chi connectivity index (χ1) is 13.1. The average Bonchev–Trinajstić information content (AvgIpc) is 3.17. The van der Waals surface area contributed by atoms with Crippen LogP contribution in [0, 0.1) is 6.92 Å². The Morgan fingerprint density at radius 3 is 2.63 bits per heavy atom. The second-order valence-electron chi connectivity index (χ2n) is 7.24. The van der Waals surface area contributed by atoms with Crippen LogP contribution in [0.5, 0.6) is 0 Å². The number of aryl methyl sites for hydroxylation is 1. The molecule has 2 heterocycles. The molecule has 0 radical (unpaired) electrons. The van der Waals surface area contributed by atoms with Gasteiger partial charge in [-0.1, -0.05) is 18.2 Å². The monoisotopic (exact) mass is 386 g/mol. The molecule has 6 heteroatoms. The molecule has 0 aliphatic carbocycles. The summed E-state index contributed by atoms with van der Waals surface area (Å²) >= 11 is 5.73. The van der Waals surface area contributed by atoms with Gasteiger partial charge in [-0.2, -0.15) is 0 Å². The molecule has 27 heavy (non-hydrogen) atoms. The van der Waals surface area contributed by atoms with Crippen LogP contribution >= 0.6 is 12.2 Å². The van der Waals surface area contributed by atoms with Gasteiger partial charge in [0.25, 0.3) is 0 Å². The third kappa shape index (κ3) is 6.06. The van der Waals surface area contributed by atoms with Crippen LogP contribution in [-0.4, -0.2) is 66.1 Å². The molecule has 1 aromatic heterocycles. The highest BCUT2D eigenvalue weighted by Crippen LogP contribution is 2.15. The molecule has 5 nitrogen and oxygen atoms in total. The molecule has 0 bridgehead atoms. The van der Waals surface area contributed by atoms with Crippen molar-refractivity contribution >= 4 is 23.0 Å². The van der Waals surface area contributed by atoms with Crippen LogP contribution in [0.4, 0.5) is 5.69 Å². The summed E-state index contributed by atoms with van der Waals surface area (Å²) in [5, 5.41) is 4.16. The van der Waals surface area contributed by atoms with E-state index in [1.54, 1.807) is 6.26 Å². The van der Waals surface area contributed by atoms with E-state index in [0.717, 1.165) is 62.2 Å². The SMILES string of the molecule is Cc1ccccc1NC(=S)N(CCCN1CCN(C)CC1)Cc1ccco1. The van der Waals surface area contributed by atoms with E-state index in [4.69, 9.17) is 16.6 Å². The Kier molecular flexibility index (Phi) is 7.26. The number of hydrogen-bond donors (Lipinski definition) is 1. The molecule has 2 aromatic rings. The summed E-state index contributed by atoms with van der Waals surface area (Å²) in [4.78, 5) is 7.14. The van der Waals surface area contributed by atoms with Crippen molar-refractivity contribution < 1.29 is 4.42 Å². The summed E-state index contributed by atoms with van der Waals surface area (Å²) < 4.78 is 5.55. The molecule has 0 saturated carbocycles. The largest absolute Gasteiger partial charge is 0.467 e. The maximum absolute atomic E-state index is 5.73. The quantitative estimate of drug-likeness (QED) is 0.735. The van der Waals surface area contributed by atoms with Crippen molar-refractivity contribution in [3.63, 3.8) is 0 Å². The number of rotatable bonds is 7. The third-order valence-corrected chi connectivity index (χ3v) is 5.46. The molecule has 1 aliphatic rings. The second kappa shape index (κ2) is 9.88. The molecule has 1 N–H and O–H groups in total. The minimum atomic E-state index is 0.688. The predicted octanol–water partition coefficient (Wildman–Crippen LogP) is 3.42. The van der Waals surface area contributed by atoms with Gasteiger partial charge in [0, 0.05) is 38.4 Å². The Morgan fingerprint density at radius 1 is 1.15 bits per heavy atom. The van der Waals surface area contributed by atoms with Crippen LogP contribution in [0.15, 0.2) is 47.1 Å². The van der Waals surface area contributed by atoms with Crippen molar-refractivity contribution in [3.05, 3.63) is 54.0 Å². The first kappa shape index (κ1) is 19.9. The summed E-state index contributed by atoms with van der Waals surface area (Å²) in [6, 6.07) is 12.2. The van der Waals surface area contributed by atoms with E-state index in [1.807, 2.05) is 24.3 Å². The highest BCUT2D eigenvalue weighted by Gasteiger charge is 2.16. The van der Waals surface area contributed by atoms with Gasteiger partial charge in [0.15, 0.2) is 5.11 Å². The fraction of sp³-hybridized carbons (Fsp3) is 0.476. The topological polar surface area (TPSA) is 34.9 Å². The number of nitrogens with zero attached hydrogens (tertiary/aromatic N) is 3. The molecular weight excluding hydrogens is 356 g/mol. The molecule has 0 atom stereocenters. The Labute approximate surface area is 167 Å². The molecule has 1 aliphatic heterocycles. The molecule has 1 saturated heterocycles. The number of para-hydroxylation sites is 1. The van der Waals surface area contributed by atoms with Crippen LogP contribution in [0.2, 0.25) is 0 Å². The van der Waals surface area contributed by atoms with Crippen molar-refractivity contribution in [2.45, 2.75) is 19.9 Å². The van der Waals surface area contributed by atoms with Gasteiger partial charge >= 0.3 is 0 Å². The molecule has 3 rings (SSSR count). The predicted molar refractivity (Wildman–Crippen MR) is 115 cm³/mol. The Morgan fingerprint density at radius 2 is 1.93 bits per heavy atom. The van der Waals surface area contributed by atoms with Crippen molar-refractivity contribution in [1.82, 2.24) is 14.7 Å². The number of piperazine rings is 1. The van der Waals surface area contributed by atoms with Gasteiger partial charge in [-0.25, -0.2) is 0 Å². The Hall–Kier alpha value is -1.89. The lowest BCUT2D eigenvalue weighted by Crippen LogP contribution is -2.45. The van der Waals surface area contributed by atoms with Crippen molar-refractivity contribution in [2.24, 2.45) is 0 Å². The zero-order chi connectivity index (χ0) is 19.1. The number of thiocarbonyl (C=S) groups is 1. The van der Waals surface area contributed by atoms with Crippen LogP contribution in [0.1, 0.15) is 17.7 Å². The van der Waals surface area contributed by atoms with Crippen molar-refractivity contribution in [1.29, 1.82) is 0 Å². The van der Waals surface area contributed by atoms with Crippen molar-refractivity contribution in [2.75, 3.05) is 51.6 Å². The van der Waals surface area contributed by atoms with E-state index in [0.29, 0.717) is 6.54 Å². The number of likely N-dealkylation sites (N-methyl/N-ethyl adjacent to an activating group) is 1. The zero-order valence-electron chi connectivity index (χ0n) is 16.4. The summed E-state index contributed by atoms with van der Waals surface area (Å²) in [6.45, 7) is 9.41. The minimum Gasteiger partial charge on any atom is -0.467 e. The van der Waals surface area contributed by atoms with E-state index in [-0.39, 0.29) is 0 Å². The molecule has 1 aromatic carbocycles. The van der Waals surface area contributed by atoms with Crippen LogP contribution in [-0.2, 0) is 6.54 Å². The van der Waals surface area contributed by atoms with E-state index in [9.17, 15) is 0 Å². The number of anilines is 1. The van der Waals surface area contributed by atoms with Gasteiger partial charge in [0.2, 0.25) is 0 Å². The molecular formula is C21H30N4OS. The molecule has 146 valence electrons. The van der Waals surface area contributed by atoms with Gasteiger partial charge in [-0.3, -0.25) is 0 Å². The first-order valence-corrected chi connectivity index (χ1v) is 10.1. The number of nitrogens with one attached hydrogen (secondary N) is 1. The van der Waals surface area contributed by atoms with E-state index < -0.39 is 0 Å². The molecule has 0 amide bonds. The van der Waals surface area contributed by atoms with E-state index in [1.165, 1.54) is 5.56 Å². The average molecular weight is 387 g/mol. The third-order valence-electron chi connectivity index (χ3n) is 5.10. The molecule has 0 spiro atoms. The number of benzene rings is 1. The summed E-state index contributed by atoms with van der Waals surface area (Å²) in [6.07, 6.45) is 2.80. The van der Waals surface area contributed by atoms with Gasteiger partial charge in [0.1, 0.15) is 5.76 Å². The summed E-state index contributed by atoms with van der Waals surface area (Å²) in [7, 11) is 2.19. The van der Waals surface area contributed by atoms with Gasteiger partial charge in [-0.05, 0) is 62.9 Å². The number of hydrogen-bond acceptors (Lipinski definition) is 4. The van der Waals surface area contributed by atoms with E-state index in [2.05, 4.69) is 46.1 Å². The summed E-state index contributed by atoms with van der Waals surface area (Å²) in [5.41, 5.74) is 2.25.